The van der Waals surface area contributed by atoms with Crippen molar-refractivity contribution in [2.45, 2.75) is 11.8 Å². The van der Waals surface area contributed by atoms with Crippen LogP contribution in [0.3, 0.4) is 0 Å². The molecule has 2 rings (SSSR count). The average molecular weight is 329 g/mol. The highest BCUT2D eigenvalue weighted by molar-refractivity contribution is 7.89. The number of nitrogens with zero attached hydrogens (tertiary/aromatic N) is 1. The first-order valence-electron chi connectivity index (χ1n) is 6.76. The molecule has 116 valence electrons. The van der Waals surface area contributed by atoms with Gasteiger partial charge in [0.15, 0.2) is 5.11 Å². The fraction of sp³-hybridized carbons (Fsp3) is 0.462. The van der Waals surface area contributed by atoms with Crippen LogP contribution in [0.4, 0.5) is 5.69 Å². The lowest BCUT2D eigenvalue weighted by molar-refractivity contribution is 0.0690. The molecule has 0 aliphatic carbocycles. The van der Waals surface area contributed by atoms with E-state index in [0.29, 0.717) is 24.9 Å². The zero-order valence-corrected chi connectivity index (χ0v) is 13.5. The zero-order chi connectivity index (χ0) is 15.3. The molecule has 1 fully saturated rings. The standard InChI is InChI=1S/C13H19N3O3S2/c1-2-14-21(17,18)12-5-3-11(4-6-12)15-13(20)16-7-9-19-10-8-16/h3-6,14H,2,7-10H2,1H3,(H,15,20). The summed E-state index contributed by atoms with van der Waals surface area (Å²) in [6, 6.07) is 6.53. The van der Waals surface area contributed by atoms with Crippen molar-refractivity contribution in [2.24, 2.45) is 0 Å². The molecule has 1 aliphatic rings. The molecule has 0 spiro atoms. The van der Waals surface area contributed by atoms with Crippen LogP contribution in [0.5, 0.6) is 0 Å². The zero-order valence-electron chi connectivity index (χ0n) is 11.8. The predicted molar refractivity (Wildman–Crippen MR) is 85.9 cm³/mol. The quantitative estimate of drug-likeness (QED) is 0.804. The molecule has 6 nitrogen and oxygen atoms in total. The highest BCUT2D eigenvalue weighted by atomic mass is 32.2. The van der Waals surface area contributed by atoms with Gasteiger partial charge in [-0.25, -0.2) is 13.1 Å². The van der Waals surface area contributed by atoms with E-state index >= 15 is 0 Å². The van der Waals surface area contributed by atoms with Gasteiger partial charge >= 0.3 is 0 Å². The fourth-order valence-corrected chi connectivity index (χ4v) is 3.30. The molecule has 1 saturated heterocycles. The van der Waals surface area contributed by atoms with Crippen molar-refractivity contribution in [3.8, 4) is 0 Å². The molecule has 2 N–H and O–H groups in total. The third-order valence-electron chi connectivity index (χ3n) is 3.05. The Bertz CT molecular complexity index is 581. The molecule has 0 saturated carbocycles. The summed E-state index contributed by atoms with van der Waals surface area (Å²) >= 11 is 5.33. The maximum atomic E-state index is 11.8. The summed E-state index contributed by atoms with van der Waals surface area (Å²) in [5, 5.41) is 3.73. The van der Waals surface area contributed by atoms with Crippen LogP contribution < -0.4 is 10.0 Å². The van der Waals surface area contributed by atoms with Crippen LogP contribution in [0.1, 0.15) is 6.92 Å². The number of ether oxygens (including phenoxy) is 1. The second kappa shape index (κ2) is 7.17. The number of anilines is 1. The number of hydrogen-bond donors (Lipinski definition) is 2. The smallest absolute Gasteiger partial charge is 0.240 e. The van der Waals surface area contributed by atoms with Gasteiger partial charge in [0.2, 0.25) is 10.0 Å². The lowest BCUT2D eigenvalue weighted by Crippen LogP contribution is -2.42. The van der Waals surface area contributed by atoms with Crippen LogP contribution in [0.15, 0.2) is 29.2 Å². The Hall–Kier alpha value is -1.22. The predicted octanol–water partition coefficient (Wildman–Crippen LogP) is 1.01. The minimum absolute atomic E-state index is 0.243. The molecule has 0 unspecified atom stereocenters. The van der Waals surface area contributed by atoms with Crippen molar-refractivity contribution in [3.05, 3.63) is 24.3 Å². The highest BCUT2D eigenvalue weighted by Gasteiger charge is 2.15. The summed E-state index contributed by atoms with van der Waals surface area (Å²) in [4.78, 5) is 2.27. The number of rotatable bonds is 4. The molecule has 0 aromatic heterocycles. The van der Waals surface area contributed by atoms with E-state index in [2.05, 4.69) is 10.0 Å². The number of thiocarbonyl (C=S) groups is 1. The van der Waals surface area contributed by atoms with E-state index in [1.807, 2.05) is 4.90 Å². The molecule has 8 heteroatoms. The second-order valence-electron chi connectivity index (χ2n) is 4.56. The molecule has 21 heavy (non-hydrogen) atoms. The first-order chi connectivity index (χ1) is 10.0. The van der Waals surface area contributed by atoms with Crippen molar-refractivity contribution in [3.63, 3.8) is 0 Å². The molecular weight excluding hydrogens is 310 g/mol. The summed E-state index contributed by atoms with van der Waals surface area (Å²) in [6.45, 7) is 4.97. The fourth-order valence-electron chi connectivity index (χ4n) is 1.96. The molecule has 0 bridgehead atoms. The first-order valence-corrected chi connectivity index (χ1v) is 8.65. The van der Waals surface area contributed by atoms with Crippen molar-refractivity contribution < 1.29 is 13.2 Å². The number of hydrogen-bond acceptors (Lipinski definition) is 4. The Morgan fingerprint density at radius 1 is 1.29 bits per heavy atom. The van der Waals surface area contributed by atoms with Crippen LogP contribution in [-0.2, 0) is 14.8 Å². The summed E-state index contributed by atoms with van der Waals surface area (Å²) < 4.78 is 31.4. The van der Waals surface area contributed by atoms with Gasteiger partial charge in [-0.05, 0) is 36.5 Å². The Morgan fingerprint density at radius 2 is 1.90 bits per heavy atom. The number of nitrogens with one attached hydrogen (secondary N) is 2. The molecule has 1 aromatic carbocycles. The Balaban J connectivity index is 2.00. The molecule has 0 amide bonds. The maximum Gasteiger partial charge on any atom is 0.240 e. The minimum atomic E-state index is -3.41. The van der Waals surface area contributed by atoms with Crippen LogP contribution in [0.2, 0.25) is 0 Å². The van der Waals surface area contributed by atoms with E-state index in [9.17, 15) is 8.42 Å². The van der Waals surface area contributed by atoms with Crippen LogP contribution in [0, 0.1) is 0 Å². The van der Waals surface area contributed by atoms with Gasteiger partial charge < -0.3 is 15.0 Å². The van der Waals surface area contributed by atoms with Gasteiger partial charge in [-0.15, -0.1) is 0 Å². The molecule has 0 radical (unpaired) electrons. The number of benzene rings is 1. The Morgan fingerprint density at radius 3 is 2.48 bits per heavy atom. The monoisotopic (exact) mass is 329 g/mol. The molecule has 0 atom stereocenters. The summed E-state index contributed by atoms with van der Waals surface area (Å²) in [5.74, 6) is 0. The van der Waals surface area contributed by atoms with Gasteiger partial charge in [-0.1, -0.05) is 6.92 Å². The van der Waals surface area contributed by atoms with Crippen molar-refractivity contribution in [1.82, 2.24) is 9.62 Å². The summed E-state index contributed by atoms with van der Waals surface area (Å²) in [5.41, 5.74) is 0.766. The van der Waals surface area contributed by atoms with Crippen molar-refractivity contribution >= 4 is 33.0 Å². The van der Waals surface area contributed by atoms with E-state index < -0.39 is 10.0 Å². The summed E-state index contributed by atoms with van der Waals surface area (Å²) in [7, 11) is -3.41. The van der Waals surface area contributed by atoms with Gasteiger partial charge in [-0.3, -0.25) is 0 Å². The average Bonchev–Trinajstić information content (AvgIpc) is 2.48. The lowest BCUT2D eigenvalue weighted by Gasteiger charge is -2.29. The Kier molecular flexibility index (Phi) is 5.51. The third-order valence-corrected chi connectivity index (χ3v) is 4.97. The van der Waals surface area contributed by atoms with E-state index in [1.165, 1.54) is 0 Å². The van der Waals surface area contributed by atoms with Gasteiger partial charge in [0.1, 0.15) is 0 Å². The Labute approximate surface area is 130 Å². The van der Waals surface area contributed by atoms with E-state index in [0.717, 1.165) is 18.8 Å². The molecule has 1 aromatic rings. The summed E-state index contributed by atoms with van der Waals surface area (Å²) in [6.07, 6.45) is 0. The topological polar surface area (TPSA) is 70.7 Å². The first kappa shape index (κ1) is 16.2. The van der Waals surface area contributed by atoms with Crippen LogP contribution >= 0.6 is 12.2 Å². The molecular formula is C13H19N3O3S2. The van der Waals surface area contributed by atoms with Crippen molar-refractivity contribution in [1.29, 1.82) is 0 Å². The van der Waals surface area contributed by atoms with Crippen molar-refractivity contribution in [2.75, 3.05) is 38.2 Å². The normalized spacial score (nSPS) is 15.8. The third kappa shape index (κ3) is 4.37. The second-order valence-corrected chi connectivity index (χ2v) is 6.71. The molecule has 1 aliphatic heterocycles. The van der Waals surface area contributed by atoms with Gasteiger partial charge in [0.05, 0.1) is 18.1 Å². The maximum absolute atomic E-state index is 11.8. The lowest BCUT2D eigenvalue weighted by atomic mass is 10.3. The largest absolute Gasteiger partial charge is 0.378 e. The molecule has 1 heterocycles. The number of sulfonamides is 1. The highest BCUT2D eigenvalue weighted by Crippen LogP contribution is 2.14. The van der Waals surface area contributed by atoms with E-state index in [4.69, 9.17) is 17.0 Å². The van der Waals surface area contributed by atoms with Gasteiger partial charge in [-0.2, -0.15) is 0 Å². The van der Waals surface area contributed by atoms with Gasteiger partial charge in [0.25, 0.3) is 0 Å². The number of morpholine rings is 1. The SMILES string of the molecule is CCNS(=O)(=O)c1ccc(NC(=S)N2CCOCC2)cc1. The van der Waals surface area contributed by atoms with E-state index in [1.54, 1.807) is 31.2 Å². The van der Waals surface area contributed by atoms with E-state index in [-0.39, 0.29) is 4.90 Å². The van der Waals surface area contributed by atoms with Crippen LogP contribution in [-0.4, -0.2) is 51.3 Å². The van der Waals surface area contributed by atoms with Gasteiger partial charge in [0, 0.05) is 25.3 Å². The minimum Gasteiger partial charge on any atom is -0.378 e. The van der Waals surface area contributed by atoms with Crippen LogP contribution in [0.25, 0.3) is 0 Å².